The van der Waals surface area contributed by atoms with Crippen molar-refractivity contribution in [1.29, 1.82) is 0 Å². The summed E-state index contributed by atoms with van der Waals surface area (Å²) in [5.74, 6) is -0.959. The summed E-state index contributed by atoms with van der Waals surface area (Å²) in [6.45, 7) is 11.6. The van der Waals surface area contributed by atoms with E-state index in [0.29, 0.717) is 25.5 Å². The van der Waals surface area contributed by atoms with Crippen molar-refractivity contribution in [3.05, 3.63) is 35.9 Å². The van der Waals surface area contributed by atoms with Crippen molar-refractivity contribution in [2.45, 2.75) is 85.5 Å². The van der Waals surface area contributed by atoms with Crippen LogP contribution in [0.4, 0.5) is 4.79 Å². The van der Waals surface area contributed by atoms with Crippen LogP contribution in [-0.4, -0.2) is 47.2 Å². The van der Waals surface area contributed by atoms with Gasteiger partial charge in [-0.3, -0.25) is 9.59 Å². The summed E-state index contributed by atoms with van der Waals surface area (Å²) in [5, 5.41) is 2.66. The molecular formula is C26H41N3O5. The number of nitrogens with zero attached hydrogens (tertiary/aromatic N) is 1. The third-order valence-corrected chi connectivity index (χ3v) is 5.35. The first-order valence-corrected chi connectivity index (χ1v) is 12.0. The average Bonchev–Trinajstić information content (AvgIpc) is 2.75. The van der Waals surface area contributed by atoms with Crippen LogP contribution in [0.1, 0.15) is 66.4 Å². The molecule has 190 valence electrons. The highest BCUT2D eigenvalue weighted by Gasteiger charge is 2.38. The van der Waals surface area contributed by atoms with E-state index in [1.54, 1.807) is 0 Å². The zero-order valence-electron chi connectivity index (χ0n) is 21.3. The molecule has 0 heterocycles. The standard InChI is InChI=1S/C26H41N3O5/c1-17(2)12-21(15-30)29(23(24(27)31)14-19(5)6)25(32)22(13-18(3)4)28-26(33)34-16-20-10-8-7-9-11-20/h7-11,15,17-19,21-23H,12-14,16H2,1-6H3,(H2,27,31)(H,28,33)/t21?,22-,23-/m0/s1. The van der Waals surface area contributed by atoms with Gasteiger partial charge in [-0.15, -0.1) is 0 Å². The lowest BCUT2D eigenvalue weighted by Crippen LogP contribution is -2.59. The Labute approximate surface area is 203 Å². The molecule has 0 aliphatic carbocycles. The molecule has 1 rings (SSSR count). The van der Waals surface area contributed by atoms with Crippen LogP contribution in [0.2, 0.25) is 0 Å². The minimum absolute atomic E-state index is 0.0561. The molecule has 0 saturated carbocycles. The van der Waals surface area contributed by atoms with Crippen molar-refractivity contribution in [2.75, 3.05) is 0 Å². The number of aldehydes is 1. The molecule has 34 heavy (non-hydrogen) atoms. The number of nitrogens with one attached hydrogen (secondary N) is 1. The van der Waals surface area contributed by atoms with Crippen LogP contribution in [-0.2, 0) is 25.7 Å². The maximum atomic E-state index is 13.8. The quantitative estimate of drug-likeness (QED) is 0.398. The van der Waals surface area contributed by atoms with E-state index < -0.39 is 36.0 Å². The Balaban J connectivity index is 3.21. The smallest absolute Gasteiger partial charge is 0.408 e. The molecule has 0 bridgehead atoms. The van der Waals surface area contributed by atoms with Gasteiger partial charge in [-0.1, -0.05) is 71.9 Å². The van der Waals surface area contributed by atoms with Gasteiger partial charge in [-0.25, -0.2) is 4.79 Å². The van der Waals surface area contributed by atoms with E-state index in [0.717, 1.165) is 5.56 Å². The maximum Gasteiger partial charge on any atom is 0.408 e. The van der Waals surface area contributed by atoms with Crippen molar-refractivity contribution >= 4 is 24.2 Å². The molecule has 8 heteroatoms. The van der Waals surface area contributed by atoms with Gasteiger partial charge in [0, 0.05) is 0 Å². The molecule has 0 aliphatic rings. The molecule has 1 unspecified atom stereocenters. The maximum absolute atomic E-state index is 13.8. The van der Waals surface area contributed by atoms with Gasteiger partial charge in [0.15, 0.2) is 0 Å². The number of ether oxygens (including phenoxy) is 1. The monoisotopic (exact) mass is 475 g/mol. The first-order valence-electron chi connectivity index (χ1n) is 12.0. The SMILES string of the molecule is CC(C)CC(C=O)N(C(=O)[C@H](CC(C)C)NC(=O)OCc1ccccc1)[C@@H](CC(C)C)C(N)=O. The van der Waals surface area contributed by atoms with E-state index in [4.69, 9.17) is 10.5 Å². The number of carbonyl (C=O) groups is 4. The zero-order chi connectivity index (χ0) is 25.8. The average molecular weight is 476 g/mol. The van der Waals surface area contributed by atoms with Gasteiger partial charge >= 0.3 is 6.09 Å². The summed E-state index contributed by atoms with van der Waals surface area (Å²) in [5.41, 5.74) is 6.52. The fraction of sp³-hybridized carbons (Fsp3) is 0.615. The highest BCUT2D eigenvalue weighted by atomic mass is 16.5. The van der Waals surface area contributed by atoms with E-state index in [1.807, 2.05) is 71.9 Å². The predicted molar refractivity (Wildman–Crippen MR) is 132 cm³/mol. The lowest BCUT2D eigenvalue weighted by molar-refractivity contribution is -0.147. The third-order valence-electron chi connectivity index (χ3n) is 5.35. The molecule has 0 saturated heterocycles. The topological polar surface area (TPSA) is 119 Å². The van der Waals surface area contributed by atoms with Gasteiger partial charge in [0.05, 0.1) is 6.04 Å². The van der Waals surface area contributed by atoms with Crippen molar-refractivity contribution in [3.63, 3.8) is 0 Å². The van der Waals surface area contributed by atoms with Gasteiger partial charge in [0.1, 0.15) is 25.0 Å². The molecule has 0 radical (unpaired) electrons. The number of carbonyl (C=O) groups excluding carboxylic acids is 4. The fourth-order valence-corrected chi connectivity index (χ4v) is 3.86. The number of amides is 3. The summed E-state index contributed by atoms with van der Waals surface area (Å²) in [4.78, 5) is 52.1. The normalized spacial score (nSPS) is 13.9. The second kappa shape index (κ2) is 14.4. The number of hydrogen-bond acceptors (Lipinski definition) is 5. The molecule has 1 aromatic carbocycles. The van der Waals surface area contributed by atoms with Crippen molar-refractivity contribution in [1.82, 2.24) is 10.2 Å². The van der Waals surface area contributed by atoms with E-state index in [-0.39, 0.29) is 24.4 Å². The van der Waals surface area contributed by atoms with Gasteiger partial charge in [-0.2, -0.15) is 0 Å². The molecule has 0 fully saturated rings. The number of nitrogens with two attached hydrogens (primary N) is 1. The van der Waals surface area contributed by atoms with Crippen LogP contribution < -0.4 is 11.1 Å². The summed E-state index contributed by atoms with van der Waals surface area (Å²) in [6, 6.07) is 6.44. The fourth-order valence-electron chi connectivity index (χ4n) is 3.86. The van der Waals surface area contributed by atoms with Crippen LogP contribution >= 0.6 is 0 Å². The molecule has 0 aromatic heterocycles. The molecule has 3 N–H and O–H groups in total. The molecule has 3 atom stereocenters. The number of primary amides is 1. The van der Waals surface area contributed by atoms with Gasteiger partial charge in [0.25, 0.3) is 0 Å². The largest absolute Gasteiger partial charge is 0.445 e. The van der Waals surface area contributed by atoms with Gasteiger partial charge < -0.3 is 25.5 Å². The lowest BCUT2D eigenvalue weighted by Gasteiger charge is -2.38. The summed E-state index contributed by atoms with van der Waals surface area (Å²) >= 11 is 0. The molecule has 0 aliphatic heterocycles. The predicted octanol–water partition coefficient (Wildman–Crippen LogP) is 3.67. The number of hydrogen-bond donors (Lipinski definition) is 2. The number of alkyl carbamates (subject to hydrolysis) is 1. The van der Waals surface area contributed by atoms with E-state index in [2.05, 4.69) is 5.32 Å². The van der Waals surface area contributed by atoms with Crippen LogP contribution in [0.5, 0.6) is 0 Å². The second-order valence-electron chi connectivity index (χ2n) is 10.0. The van der Waals surface area contributed by atoms with E-state index in [9.17, 15) is 19.2 Å². The van der Waals surface area contributed by atoms with Crippen molar-refractivity contribution in [3.8, 4) is 0 Å². The van der Waals surface area contributed by atoms with E-state index in [1.165, 1.54) is 4.90 Å². The van der Waals surface area contributed by atoms with Crippen molar-refractivity contribution < 1.29 is 23.9 Å². The second-order valence-corrected chi connectivity index (χ2v) is 10.0. The highest BCUT2D eigenvalue weighted by molar-refractivity contribution is 5.92. The van der Waals surface area contributed by atoms with Gasteiger partial charge in [-0.05, 0) is 42.6 Å². The Morgan fingerprint density at radius 3 is 1.97 bits per heavy atom. The molecule has 1 aromatic rings. The molecular weight excluding hydrogens is 434 g/mol. The Morgan fingerprint density at radius 1 is 0.941 bits per heavy atom. The Morgan fingerprint density at radius 2 is 1.50 bits per heavy atom. The van der Waals surface area contributed by atoms with Gasteiger partial charge in [0.2, 0.25) is 11.8 Å². The number of benzene rings is 1. The molecule has 3 amide bonds. The Bertz CT molecular complexity index is 795. The molecule has 8 nitrogen and oxygen atoms in total. The minimum atomic E-state index is -0.966. The first-order chi connectivity index (χ1) is 16.0. The third kappa shape index (κ3) is 9.93. The van der Waals surface area contributed by atoms with Crippen LogP contribution in [0, 0.1) is 17.8 Å². The minimum Gasteiger partial charge on any atom is -0.445 e. The van der Waals surface area contributed by atoms with Crippen LogP contribution in [0.3, 0.4) is 0 Å². The lowest BCUT2D eigenvalue weighted by atomic mass is 9.94. The Hall–Kier alpha value is -2.90. The summed E-state index contributed by atoms with van der Waals surface area (Å²) in [6.07, 6.45) is 0.957. The van der Waals surface area contributed by atoms with Crippen LogP contribution in [0.25, 0.3) is 0 Å². The van der Waals surface area contributed by atoms with E-state index >= 15 is 0 Å². The van der Waals surface area contributed by atoms with Crippen LogP contribution in [0.15, 0.2) is 30.3 Å². The zero-order valence-corrected chi connectivity index (χ0v) is 21.3. The molecule has 0 spiro atoms. The summed E-state index contributed by atoms with van der Waals surface area (Å²) < 4.78 is 5.31. The van der Waals surface area contributed by atoms with Crippen molar-refractivity contribution in [2.24, 2.45) is 23.5 Å². The highest BCUT2D eigenvalue weighted by Crippen LogP contribution is 2.21. The Kier molecular flexibility index (Phi) is 12.3. The first kappa shape index (κ1) is 29.1. The number of rotatable bonds is 14. The summed E-state index contributed by atoms with van der Waals surface area (Å²) in [7, 11) is 0.